The van der Waals surface area contributed by atoms with Gasteiger partial charge in [0.15, 0.2) is 5.82 Å². The van der Waals surface area contributed by atoms with Gasteiger partial charge in [-0.05, 0) is 61.5 Å². The number of anilines is 2. The molecule has 12 heteroatoms. The van der Waals surface area contributed by atoms with Crippen molar-refractivity contribution in [3.05, 3.63) is 73.3 Å². The number of carbonyl (C=O) groups is 2. The van der Waals surface area contributed by atoms with E-state index < -0.39 is 0 Å². The average Bonchev–Trinajstić information content (AvgIpc) is 3.83. The van der Waals surface area contributed by atoms with Gasteiger partial charge in [-0.3, -0.25) is 24.7 Å². The summed E-state index contributed by atoms with van der Waals surface area (Å²) in [5.41, 5.74) is 5.37. The number of benzene rings is 2. The van der Waals surface area contributed by atoms with Gasteiger partial charge in [-0.2, -0.15) is 10.2 Å². The number of fused-ring (bicyclic) bond motifs is 1. The second-order valence-corrected chi connectivity index (χ2v) is 11.0. The Morgan fingerprint density at radius 2 is 1.77 bits per heavy atom. The van der Waals surface area contributed by atoms with Gasteiger partial charge in [0.25, 0.3) is 0 Å². The molecule has 0 saturated carbocycles. The van der Waals surface area contributed by atoms with Gasteiger partial charge in [0, 0.05) is 79.2 Å². The Hall–Kier alpha value is -5.10. The molecular weight excluding hydrogens is 544 g/mol. The van der Waals surface area contributed by atoms with Crippen molar-refractivity contribution in [1.29, 1.82) is 0 Å². The molecule has 12 nitrogen and oxygen atoms in total. The molecule has 0 radical (unpaired) electrons. The molecule has 1 atom stereocenters. The molecule has 5 aromatic rings. The number of likely N-dealkylation sites (tertiary alicyclic amines) is 1. The highest BCUT2D eigenvalue weighted by Crippen LogP contribution is 2.29. The minimum absolute atomic E-state index is 0.0267. The van der Waals surface area contributed by atoms with Gasteiger partial charge in [-0.15, -0.1) is 0 Å². The van der Waals surface area contributed by atoms with E-state index >= 15 is 0 Å². The first-order valence-electron chi connectivity index (χ1n) is 14.5. The van der Waals surface area contributed by atoms with E-state index in [9.17, 15) is 9.59 Å². The smallest absolute Gasteiger partial charge is 0.236 e. The highest BCUT2D eigenvalue weighted by molar-refractivity contribution is 5.99. The molecule has 2 aromatic carbocycles. The molecule has 0 aliphatic carbocycles. The van der Waals surface area contributed by atoms with Crippen LogP contribution in [0.1, 0.15) is 6.42 Å². The van der Waals surface area contributed by atoms with Crippen molar-refractivity contribution < 1.29 is 9.59 Å². The van der Waals surface area contributed by atoms with Crippen molar-refractivity contribution in [1.82, 2.24) is 40.2 Å². The fraction of sp³-hybridized carbons (Fsp3) is 0.290. The predicted octanol–water partition coefficient (Wildman–Crippen LogP) is 3.02. The third-order valence-corrected chi connectivity index (χ3v) is 8.29. The number of H-pyrrole nitrogens is 2. The highest BCUT2D eigenvalue weighted by Gasteiger charge is 2.31. The summed E-state index contributed by atoms with van der Waals surface area (Å²) in [5.74, 6) is 0.639. The van der Waals surface area contributed by atoms with E-state index in [1.165, 1.54) is 0 Å². The van der Waals surface area contributed by atoms with Gasteiger partial charge in [-0.25, -0.2) is 9.97 Å². The summed E-state index contributed by atoms with van der Waals surface area (Å²) in [6.07, 6.45) is 7.72. The van der Waals surface area contributed by atoms with Crippen LogP contribution >= 0.6 is 0 Å². The van der Waals surface area contributed by atoms with Crippen molar-refractivity contribution in [3.63, 3.8) is 0 Å². The molecule has 43 heavy (non-hydrogen) atoms. The quantitative estimate of drug-likeness (QED) is 0.269. The van der Waals surface area contributed by atoms with E-state index in [-0.39, 0.29) is 17.7 Å². The van der Waals surface area contributed by atoms with Crippen molar-refractivity contribution >= 4 is 34.1 Å². The molecule has 2 aliphatic rings. The summed E-state index contributed by atoms with van der Waals surface area (Å²) in [6.45, 7) is 4.55. The van der Waals surface area contributed by atoms with Gasteiger partial charge in [0.05, 0.1) is 24.2 Å². The van der Waals surface area contributed by atoms with Gasteiger partial charge < -0.3 is 15.1 Å². The molecule has 218 valence electrons. The maximum Gasteiger partial charge on any atom is 0.236 e. The van der Waals surface area contributed by atoms with Gasteiger partial charge in [0.2, 0.25) is 11.8 Å². The van der Waals surface area contributed by atoms with Crippen LogP contribution < -0.4 is 10.2 Å². The lowest BCUT2D eigenvalue weighted by molar-refractivity contribution is -0.132. The number of rotatable bonds is 7. The molecule has 0 bridgehead atoms. The van der Waals surface area contributed by atoms with E-state index in [1.807, 2.05) is 35.2 Å². The fourth-order valence-corrected chi connectivity index (χ4v) is 5.90. The zero-order valence-corrected chi connectivity index (χ0v) is 23.6. The molecule has 2 aliphatic heterocycles. The second kappa shape index (κ2) is 11.6. The van der Waals surface area contributed by atoms with Gasteiger partial charge >= 0.3 is 0 Å². The molecule has 2 amide bonds. The predicted molar refractivity (Wildman–Crippen MR) is 163 cm³/mol. The molecular formula is C31H32N10O2. The van der Waals surface area contributed by atoms with E-state index in [0.29, 0.717) is 32.0 Å². The Morgan fingerprint density at radius 3 is 2.53 bits per heavy atom. The Morgan fingerprint density at radius 1 is 0.953 bits per heavy atom. The third-order valence-electron chi connectivity index (χ3n) is 8.29. The van der Waals surface area contributed by atoms with Gasteiger partial charge in [0.1, 0.15) is 5.69 Å². The van der Waals surface area contributed by atoms with Crippen molar-refractivity contribution in [2.75, 3.05) is 56.0 Å². The Labute approximate surface area is 248 Å². The third kappa shape index (κ3) is 5.69. The number of aromatic nitrogens is 6. The maximum absolute atomic E-state index is 13.1. The number of piperazine rings is 1. The molecule has 5 heterocycles. The zero-order valence-electron chi connectivity index (χ0n) is 23.6. The van der Waals surface area contributed by atoms with E-state index in [2.05, 4.69) is 57.6 Å². The fourth-order valence-electron chi connectivity index (χ4n) is 5.90. The number of hydrogen-bond acceptors (Lipinski definition) is 8. The monoisotopic (exact) mass is 576 g/mol. The van der Waals surface area contributed by atoms with E-state index in [1.54, 1.807) is 30.9 Å². The summed E-state index contributed by atoms with van der Waals surface area (Å²) in [5, 5.41) is 18.2. The topological polar surface area (TPSA) is 139 Å². The molecule has 0 unspecified atom stereocenters. The molecule has 0 spiro atoms. The van der Waals surface area contributed by atoms with Crippen LogP contribution in [0.3, 0.4) is 0 Å². The number of nitrogens with one attached hydrogen (secondary N) is 3. The van der Waals surface area contributed by atoms with Crippen LogP contribution in [0, 0.1) is 5.92 Å². The first kappa shape index (κ1) is 26.8. The van der Waals surface area contributed by atoms with Crippen LogP contribution in [0.5, 0.6) is 0 Å². The Balaban J connectivity index is 0.894. The van der Waals surface area contributed by atoms with Crippen LogP contribution in [-0.2, 0) is 9.59 Å². The number of amides is 2. The summed E-state index contributed by atoms with van der Waals surface area (Å²) in [7, 11) is 0. The number of carbonyl (C=O) groups excluding carboxylic acids is 2. The second-order valence-electron chi connectivity index (χ2n) is 11.0. The van der Waals surface area contributed by atoms with Crippen LogP contribution in [0.15, 0.2) is 73.3 Å². The van der Waals surface area contributed by atoms with Crippen LogP contribution in [0.2, 0.25) is 0 Å². The number of aromatic amines is 2. The molecule has 3 N–H and O–H groups in total. The van der Waals surface area contributed by atoms with Crippen LogP contribution in [0.25, 0.3) is 33.5 Å². The first-order chi connectivity index (χ1) is 21.1. The summed E-state index contributed by atoms with van der Waals surface area (Å²) in [4.78, 5) is 41.2. The summed E-state index contributed by atoms with van der Waals surface area (Å²) >= 11 is 0. The van der Waals surface area contributed by atoms with Gasteiger partial charge in [-0.1, -0.05) is 0 Å². The molecule has 2 saturated heterocycles. The zero-order chi connectivity index (χ0) is 29.2. The minimum Gasteiger partial charge on any atom is -0.368 e. The maximum atomic E-state index is 13.1. The lowest BCUT2D eigenvalue weighted by atomic mass is 10.1. The normalized spacial score (nSPS) is 17.4. The SMILES string of the molecule is O=C(Nc1ccc2[nH]nc(-c3cn[nH]c3)c2c1)[C@@H]1CCN(CC(=O)N2CCN(c3ccc(-c4ncccn4)cc3)CC2)C1. The number of hydrogen-bond donors (Lipinski definition) is 3. The van der Waals surface area contributed by atoms with Crippen LogP contribution in [0.4, 0.5) is 11.4 Å². The molecule has 2 fully saturated rings. The number of nitrogens with zero attached hydrogens (tertiary/aromatic N) is 7. The van der Waals surface area contributed by atoms with Crippen LogP contribution in [-0.4, -0.2) is 97.8 Å². The summed E-state index contributed by atoms with van der Waals surface area (Å²) in [6, 6.07) is 15.8. The molecule has 7 rings (SSSR count). The van der Waals surface area contributed by atoms with Crippen molar-refractivity contribution in [3.8, 4) is 22.6 Å². The lowest BCUT2D eigenvalue weighted by Crippen LogP contribution is -2.51. The average molecular weight is 577 g/mol. The van der Waals surface area contributed by atoms with Crippen molar-refractivity contribution in [2.45, 2.75) is 6.42 Å². The Kier molecular flexibility index (Phi) is 7.25. The molecule has 3 aromatic heterocycles. The standard InChI is InChI=1S/C31H32N10O2/c42-28(41-14-12-40(13-15-41)25-5-2-21(3-6-25)30-32-9-1-10-33-30)20-39-11-8-22(19-39)31(43)36-24-4-7-27-26(16-24)29(38-37-27)23-17-34-35-18-23/h1-7,9-10,16-18,22H,8,11-15,19-20H2,(H,34,35)(H,36,43)(H,37,38)/t22-/m1/s1. The first-order valence-corrected chi connectivity index (χ1v) is 14.5. The summed E-state index contributed by atoms with van der Waals surface area (Å²) < 4.78 is 0. The highest BCUT2D eigenvalue weighted by atomic mass is 16.2. The lowest BCUT2D eigenvalue weighted by Gasteiger charge is -2.36. The Bertz CT molecular complexity index is 1710. The van der Waals surface area contributed by atoms with E-state index in [0.717, 1.165) is 65.2 Å². The van der Waals surface area contributed by atoms with Crippen molar-refractivity contribution in [2.24, 2.45) is 5.92 Å². The largest absolute Gasteiger partial charge is 0.368 e. The minimum atomic E-state index is -0.165. The van der Waals surface area contributed by atoms with E-state index in [4.69, 9.17) is 0 Å².